The van der Waals surface area contributed by atoms with Crippen LogP contribution in [0.25, 0.3) is 0 Å². The Bertz CT molecular complexity index is 822. The van der Waals surface area contributed by atoms with Crippen LogP contribution in [0.4, 0.5) is 0 Å². The third-order valence-corrected chi connectivity index (χ3v) is 8.55. The first kappa shape index (κ1) is 42.0. The predicted octanol–water partition coefficient (Wildman–Crippen LogP) is 9.34. The molecule has 0 saturated carbocycles. The molecule has 6 nitrogen and oxygen atoms in total. The molecule has 0 unspecified atom stereocenters. The van der Waals surface area contributed by atoms with Crippen LogP contribution in [0.5, 0.6) is 0 Å². The molecule has 0 atom stereocenters. The minimum Gasteiger partial charge on any atom is -0.759 e. The minimum absolute atomic E-state index is 1.11. The highest BCUT2D eigenvalue weighted by Crippen LogP contribution is 2.21. The zero-order valence-electron chi connectivity index (χ0n) is 29.2. The van der Waals surface area contributed by atoms with Crippen LogP contribution in [0.2, 0.25) is 0 Å². The van der Waals surface area contributed by atoms with E-state index in [1.165, 1.54) is 142 Å². The minimum atomic E-state index is -5.17. The van der Waals surface area contributed by atoms with Crippen LogP contribution in [-0.4, -0.2) is 67.8 Å². The maximum Gasteiger partial charge on any atom is 0.104 e. The highest BCUT2D eigenvalue weighted by atomic mass is 32.3. The molecule has 1 aromatic carbocycles. The van der Waals surface area contributed by atoms with Gasteiger partial charge in [-0.2, -0.15) is 0 Å². The van der Waals surface area contributed by atoms with Crippen LogP contribution in [0.3, 0.4) is 0 Å². The summed E-state index contributed by atoms with van der Waals surface area (Å²) < 4.78 is 36.3. The Morgan fingerprint density at radius 2 is 0.721 bits per heavy atom. The summed E-state index contributed by atoms with van der Waals surface area (Å²) in [4.78, 5) is 0. The van der Waals surface area contributed by atoms with Crippen molar-refractivity contribution in [2.24, 2.45) is 0 Å². The third-order valence-electron chi connectivity index (χ3n) is 8.55. The van der Waals surface area contributed by atoms with Crippen LogP contribution < -0.4 is 0 Å². The van der Waals surface area contributed by atoms with Crippen LogP contribution >= 0.6 is 0 Å². The highest BCUT2D eigenvalue weighted by molar-refractivity contribution is 7.79. The van der Waals surface area contributed by atoms with Crippen molar-refractivity contribution in [2.75, 3.05) is 41.3 Å². The molecule has 0 aromatic heterocycles. The van der Waals surface area contributed by atoms with E-state index < -0.39 is 10.4 Å². The molecular weight excluding hydrogens is 556 g/mol. The van der Waals surface area contributed by atoms with Crippen molar-refractivity contribution in [3.63, 3.8) is 0 Å². The summed E-state index contributed by atoms with van der Waals surface area (Å²) in [5.74, 6) is 0. The molecule has 0 fully saturated rings. The maximum absolute atomic E-state index is 8.52. The van der Waals surface area contributed by atoms with Gasteiger partial charge in [0.15, 0.2) is 0 Å². The van der Waals surface area contributed by atoms with Crippen LogP contribution in [0.15, 0.2) is 24.3 Å². The molecule has 43 heavy (non-hydrogen) atoms. The molecule has 0 aliphatic heterocycles. The summed E-state index contributed by atoms with van der Waals surface area (Å²) >= 11 is 0. The van der Waals surface area contributed by atoms with Gasteiger partial charge in [-0.1, -0.05) is 141 Å². The average Bonchev–Trinajstić information content (AvgIpc) is 2.90. The number of rotatable bonds is 26. The molecule has 0 N–H and O–H groups in total. The largest absolute Gasteiger partial charge is 0.759 e. The van der Waals surface area contributed by atoms with Gasteiger partial charge in [0.25, 0.3) is 0 Å². The summed E-state index contributed by atoms with van der Waals surface area (Å²) in [5.41, 5.74) is 3.14. The third kappa shape index (κ3) is 29.5. The topological polar surface area (TPSA) is 80.3 Å². The summed E-state index contributed by atoms with van der Waals surface area (Å²) in [5, 5.41) is 0. The van der Waals surface area contributed by atoms with Gasteiger partial charge in [-0.15, -0.1) is 0 Å². The Kier molecular flexibility index (Phi) is 24.6. The van der Waals surface area contributed by atoms with E-state index in [0.717, 1.165) is 22.1 Å². The quantitative estimate of drug-likeness (QED) is 0.0444. The molecule has 254 valence electrons. The van der Waals surface area contributed by atoms with E-state index in [1.54, 1.807) is 11.1 Å². The Labute approximate surface area is 268 Å². The second-order valence-corrected chi connectivity index (χ2v) is 15.0. The lowest BCUT2D eigenvalue weighted by molar-refractivity contribution is -0.907. The van der Waals surface area contributed by atoms with Crippen molar-refractivity contribution < 1.29 is 26.5 Å². The van der Waals surface area contributed by atoms with Gasteiger partial charge in [0, 0.05) is 21.5 Å². The smallest absolute Gasteiger partial charge is 0.104 e. The molecule has 7 heteroatoms. The van der Waals surface area contributed by atoms with E-state index in [-0.39, 0.29) is 0 Å². The fraction of sp³-hybridized carbons (Fsp3) is 0.833. The zero-order valence-corrected chi connectivity index (χ0v) is 30.0. The van der Waals surface area contributed by atoms with Gasteiger partial charge in [-0.3, -0.25) is 8.42 Å². The highest BCUT2D eigenvalue weighted by Gasteiger charge is 2.22. The predicted molar refractivity (Wildman–Crippen MR) is 182 cm³/mol. The van der Waals surface area contributed by atoms with Gasteiger partial charge in [0.1, 0.15) is 13.1 Å². The number of quaternary nitrogens is 2. The van der Waals surface area contributed by atoms with E-state index in [4.69, 9.17) is 17.5 Å². The Morgan fingerprint density at radius 3 is 0.977 bits per heavy atom. The number of benzene rings is 1. The standard InChI is InChI=1S/C36H70N2.H2O4S/c1-7-9-11-13-15-17-19-21-23-27-31-37(3,4)33-35-29-25-26-30-36(35)34-38(5,6)32-28-24-22-20-18-16-14-12-10-8-2;1-5(2,3)4/h25-26,29-30H,7-24,27-28,31-34H2,1-6H3;(H2,1,2,3,4)/q+2;/p-2. The summed E-state index contributed by atoms with van der Waals surface area (Å²) in [6, 6.07) is 9.30. The van der Waals surface area contributed by atoms with Gasteiger partial charge in [0.2, 0.25) is 0 Å². The molecule has 1 rings (SSSR count). The SMILES string of the molecule is CCCCCCCCCCCC[N+](C)(C)Cc1ccccc1C[N+](C)(C)CCCCCCCCCCCC.O=S(=O)([O-])[O-]. The second-order valence-electron chi connectivity index (χ2n) is 14.2. The van der Waals surface area contributed by atoms with Crippen molar-refractivity contribution in [1.29, 1.82) is 0 Å². The van der Waals surface area contributed by atoms with Crippen LogP contribution in [-0.2, 0) is 23.5 Å². The van der Waals surface area contributed by atoms with Gasteiger partial charge >= 0.3 is 0 Å². The molecule has 0 heterocycles. The van der Waals surface area contributed by atoms with E-state index in [2.05, 4.69) is 66.3 Å². The van der Waals surface area contributed by atoms with Crippen molar-refractivity contribution in [2.45, 2.75) is 155 Å². The Morgan fingerprint density at radius 1 is 0.488 bits per heavy atom. The van der Waals surface area contributed by atoms with Gasteiger partial charge in [-0.05, 0) is 25.7 Å². The van der Waals surface area contributed by atoms with Crippen molar-refractivity contribution in [3.8, 4) is 0 Å². The number of hydrogen-bond acceptors (Lipinski definition) is 4. The van der Waals surface area contributed by atoms with Crippen LogP contribution in [0.1, 0.15) is 153 Å². The molecule has 0 amide bonds. The van der Waals surface area contributed by atoms with E-state index in [1.807, 2.05) is 0 Å². The monoisotopic (exact) mass is 627 g/mol. The van der Waals surface area contributed by atoms with Gasteiger partial charge in [-0.25, -0.2) is 0 Å². The fourth-order valence-electron chi connectivity index (χ4n) is 6.00. The lowest BCUT2D eigenvalue weighted by Gasteiger charge is -2.33. The zero-order chi connectivity index (χ0) is 32.5. The summed E-state index contributed by atoms with van der Waals surface area (Å²) in [7, 11) is 4.59. The first-order valence-corrected chi connectivity index (χ1v) is 19.0. The fourth-order valence-corrected chi connectivity index (χ4v) is 6.00. The molecular formula is C36H70N2O4S. The van der Waals surface area contributed by atoms with Gasteiger partial charge in [0.05, 0.1) is 41.3 Å². The van der Waals surface area contributed by atoms with Crippen LogP contribution in [0, 0.1) is 0 Å². The molecule has 0 spiro atoms. The second kappa shape index (κ2) is 25.2. The first-order chi connectivity index (χ1) is 20.3. The van der Waals surface area contributed by atoms with Crippen molar-refractivity contribution >= 4 is 10.4 Å². The van der Waals surface area contributed by atoms with Crippen molar-refractivity contribution in [3.05, 3.63) is 35.4 Å². The Hall–Kier alpha value is -0.990. The normalized spacial score (nSPS) is 12.3. The number of nitrogens with zero attached hydrogens (tertiary/aromatic N) is 2. The van der Waals surface area contributed by atoms with Crippen molar-refractivity contribution in [1.82, 2.24) is 0 Å². The molecule has 0 saturated heterocycles. The van der Waals surface area contributed by atoms with E-state index >= 15 is 0 Å². The van der Waals surface area contributed by atoms with E-state index in [0.29, 0.717) is 0 Å². The lowest BCUT2D eigenvalue weighted by atomic mass is 10.0. The Balaban J connectivity index is 0.00000324. The average molecular weight is 627 g/mol. The first-order valence-electron chi connectivity index (χ1n) is 17.7. The summed E-state index contributed by atoms with van der Waals surface area (Å²) in [6.45, 7) is 9.51. The molecule has 1 aromatic rings. The van der Waals surface area contributed by atoms with Gasteiger partial charge < -0.3 is 18.1 Å². The number of unbranched alkanes of at least 4 members (excludes halogenated alkanes) is 18. The maximum atomic E-state index is 8.52. The molecule has 0 aliphatic carbocycles. The molecule has 0 aliphatic rings. The van der Waals surface area contributed by atoms with E-state index in [9.17, 15) is 0 Å². The molecule has 0 radical (unpaired) electrons. The molecule has 0 bridgehead atoms. The number of hydrogen-bond donors (Lipinski definition) is 0. The summed E-state index contributed by atoms with van der Waals surface area (Å²) in [6.07, 6.45) is 28.4. The lowest BCUT2D eigenvalue weighted by Crippen LogP contribution is -2.42.